The first-order valence-corrected chi connectivity index (χ1v) is 8.85. The number of hydrogen-bond donors (Lipinski definition) is 0. The molecule has 0 amide bonds. The van der Waals surface area contributed by atoms with Crippen LogP contribution in [0.15, 0.2) is 34.8 Å². The van der Waals surface area contributed by atoms with E-state index in [1.807, 2.05) is 13.8 Å². The fraction of sp³-hybridized carbons (Fsp3) is 0.278. The lowest BCUT2D eigenvalue weighted by Gasteiger charge is -2.43. The number of fused-ring (bicyclic) bond motifs is 1. The van der Waals surface area contributed by atoms with Crippen molar-refractivity contribution in [2.45, 2.75) is 32.0 Å². The summed E-state index contributed by atoms with van der Waals surface area (Å²) in [5, 5.41) is 0.154. The van der Waals surface area contributed by atoms with Gasteiger partial charge in [-0.25, -0.2) is 8.78 Å². The summed E-state index contributed by atoms with van der Waals surface area (Å²) < 4.78 is 34.5. The number of carbonyl (C=O) groups is 1. The molecule has 132 valence electrons. The van der Waals surface area contributed by atoms with Crippen LogP contribution in [0.3, 0.4) is 0 Å². The normalized spacial score (nSPS) is 19.6. The summed E-state index contributed by atoms with van der Waals surface area (Å²) in [5.41, 5.74) is 0.644. The number of nitrogens with zero attached hydrogens (tertiary/aromatic N) is 1. The molecule has 1 aliphatic rings. The Morgan fingerprint density at radius 2 is 2.00 bits per heavy atom. The van der Waals surface area contributed by atoms with Crippen molar-refractivity contribution in [2.24, 2.45) is 0 Å². The number of carbonyl (C=O) groups excluding carboxylic acids is 1. The number of hydrogen-bond acceptors (Lipinski definition) is 3. The quantitative estimate of drug-likeness (QED) is 0.619. The van der Waals surface area contributed by atoms with Crippen LogP contribution < -0.4 is 9.64 Å². The van der Waals surface area contributed by atoms with Gasteiger partial charge in [-0.2, -0.15) is 0 Å². The second kappa shape index (κ2) is 6.92. The summed E-state index contributed by atoms with van der Waals surface area (Å²) >= 11 is 9.31. The molecule has 0 bridgehead atoms. The molecule has 3 nitrogen and oxygen atoms in total. The Hall–Kier alpha value is -1.66. The third-order valence-electron chi connectivity index (χ3n) is 4.15. The molecule has 1 heterocycles. The van der Waals surface area contributed by atoms with Gasteiger partial charge in [0.15, 0.2) is 6.10 Å². The number of rotatable bonds is 3. The van der Waals surface area contributed by atoms with E-state index in [2.05, 4.69) is 15.9 Å². The average Bonchev–Trinajstić information content (AvgIpc) is 2.54. The van der Waals surface area contributed by atoms with Crippen molar-refractivity contribution in [1.82, 2.24) is 0 Å². The zero-order valence-corrected chi connectivity index (χ0v) is 15.8. The fourth-order valence-electron chi connectivity index (χ4n) is 3.10. The number of ether oxygens (including phenoxy) is 1. The Balaban J connectivity index is 2.21. The van der Waals surface area contributed by atoms with Crippen LogP contribution in [-0.4, -0.2) is 18.4 Å². The Labute approximate surface area is 157 Å². The van der Waals surface area contributed by atoms with Crippen molar-refractivity contribution < 1.29 is 18.3 Å². The second-order valence-corrected chi connectivity index (χ2v) is 7.30. The molecule has 25 heavy (non-hydrogen) atoms. The number of aldehydes is 1. The number of anilines is 1. The zero-order chi connectivity index (χ0) is 18.3. The summed E-state index contributed by atoms with van der Waals surface area (Å²) in [4.78, 5) is 13.7. The maximum absolute atomic E-state index is 14.4. The Kier molecular flexibility index (Phi) is 5.02. The highest BCUT2D eigenvalue weighted by atomic mass is 79.9. The molecule has 0 aromatic heterocycles. The van der Waals surface area contributed by atoms with Gasteiger partial charge >= 0.3 is 0 Å². The van der Waals surface area contributed by atoms with Crippen molar-refractivity contribution in [3.05, 3.63) is 57.0 Å². The van der Waals surface area contributed by atoms with Gasteiger partial charge < -0.3 is 14.4 Å². The van der Waals surface area contributed by atoms with Crippen LogP contribution in [0.25, 0.3) is 0 Å². The van der Waals surface area contributed by atoms with Gasteiger partial charge in [-0.1, -0.05) is 17.7 Å². The fourth-order valence-corrected chi connectivity index (χ4v) is 3.70. The number of halogens is 4. The molecule has 2 atom stereocenters. The highest BCUT2D eigenvalue weighted by molar-refractivity contribution is 9.10. The highest BCUT2D eigenvalue weighted by Gasteiger charge is 2.40. The molecule has 7 heteroatoms. The second-order valence-electron chi connectivity index (χ2n) is 6.04. The summed E-state index contributed by atoms with van der Waals surface area (Å²) in [5.74, 6) is -0.851. The highest BCUT2D eigenvalue weighted by Crippen LogP contribution is 2.45. The lowest BCUT2D eigenvalue weighted by molar-refractivity contribution is -0.111. The van der Waals surface area contributed by atoms with Crippen molar-refractivity contribution >= 4 is 39.5 Å². The monoisotopic (exact) mass is 429 g/mol. The van der Waals surface area contributed by atoms with Gasteiger partial charge in [0, 0.05) is 17.7 Å². The average molecular weight is 431 g/mol. The van der Waals surface area contributed by atoms with E-state index in [1.165, 1.54) is 24.3 Å². The standard InChI is InChI=1S/C18H15BrClF2NO2/c1-9(2)23-14-6-10(19)13(22)7-16(14)25-18(15(23)8-24)17-11(20)4-3-5-12(17)21/h3-9,15,18H,1-2H3. The van der Waals surface area contributed by atoms with Gasteiger partial charge in [0.05, 0.1) is 15.2 Å². The van der Waals surface area contributed by atoms with E-state index in [-0.39, 0.29) is 26.9 Å². The van der Waals surface area contributed by atoms with Crippen molar-refractivity contribution in [3.8, 4) is 5.75 Å². The Morgan fingerprint density at radius 1 is 1.28 bits per heavy atom. The topological polar surface area (TPSA) is 29.5 Å². The van der Waals surface area contributed by atoms with Crippen molar-refractivity contribution in [3.63, 3.8) is 0 Å². The molecule has 2 aromatic rings. The van der Waals surface area contributed by atoms with Gasteiger partial charge in [0.1, 0.15) is 29.7 Å². The molecule has 2 unspecified atom stereocenters. The molecule has 0 N–H and O–H groups in total. The maximum atomic E-state index is 14.4. The molecule has 2 aromatic carbocycles. The summed E-state index contributed by atoms with van der Waals surface area (Å²) in [6.07, 6.45) is -0.283. The minimum absolute atomic E-state index is 0.0842. The van der Waals surface area contributed by atoms with E-state index in [0.29, 0.717) is 12.0 Å². The molecule has 0 fully saturated rings. The molecule has 0 spiro atoms. The van der Waals surface area contributed by atoms with Crippen LogP contribution in [0, 0.1) is 11.6 Å². The Morgan fingerprint density at radius 3 is 2.60 bits per heavy atom. The smallest absolute Gasteiger partial charge is 0.155 e. The van der Waals surface area contributed by atoms with Gasteiger partial charge in [0.25, 0.3) is 0 Å². The predicted octanol–water partition coefficient (Wildman–Crippen LogP) is 5.30. The predicted molar refractivity (Wildman–Crippen MR) is 96.3 cm³/mol. The van der Waals surface area contributed by atoms with Crippen molar-refractivity contribution in [2.75, 3.05) is 4.90 Å². The summed E-state index contributed by atoms with van der Waals surface area (Å²) in [7, 11) is 0. The molecule has 0 saturated heterocycles. The van der Waals surface area contributed by atoms with Crippen molar-refractivity contribution in [1.29, 1.82) is 0 Å². The van der Waals surface area contributed by atoms with Gasteiger partial charge in [0.2, 0.25) is 0 Å². The first-order valence-electron chi connectivity index (χ1n) is 7.68. The van der Waals surface area contributed by atoms with Crippen LogP contribution in [0.4, 0.5) is 14.5 Å². The van der Waals surface area contributed by atoms with Gasteiger partial charge in [-0.15, -0.1) is 0 Å². The maximum Gasteiger partial charge on any atom is 0.155 e. The van der Waals surface area contributed by atoms with Crippen LogP contribution >= 0.6 is 27.5 Å². The first kappa shape index (κ1) is 18.1. The molecule has 0 aliphatic carbocycles. The SMILES string of the molecule is CC(C)N1c2cc(Br)c(F)cc2OC(c2c(F)cccc2Cl)C1C=O. The minimum Gasteiger partial charge on any atom is -0.481 e. The third-order valence-corrected chi connectivity index (χ3v) is 5.08. The van der Waals surface area contributed by atoms with E-state index in [1.54, 1.807) is 11.0 Å². The molecule has 1 aliphatic heterocycles. The molecule has 3 rings (SSSR count). The molecule has 0 radical (unpaired) electrons. The van der Waals surface area contributed by atoms with Crippen LogP contribution in [0.2, 0.25) is 5.02 Å². The lowest BCUT2D eigenvalue weighted by atomic mass is 9.96. The number of benzene rings is 2. The molecular formula is C18H15BrClF2NO2. The lowest BCUT2D eigenvalue weighted by Crippen LogP contribution is -2.50. The van der Waals surface area contributed by atoms with Crippen LogP contribution in [0.5, 0.6) is 5.75 Å². The summed E-state index contributed by atoms with van der Waals surface area (Å²) in [6.45, 7) is 3.78. The van der Waals surface area contributed by atoms with Crippen LogP contribution in [0.1, 0.15) is 25.5 Å². The van der Waals surface area contributed by atoms with Gasteiger partial charge in [-0.3, -0.25) is 0 Å². The minimum atomic E-state index is -0.985. The van der Waals surface area contributed by atoms with E-state index in [0.717, 1.165) is 0 Å². The zero-order valence-electron chi connectivity index (χ0n) is 13.5. The summed E-state index contributed by atoms with van der Waals surface area (Å²) in [6, 6.07) is 6.12. The first-order chi connectivity index (χ1) is 11.8. The molecule has 0 saturated carbocycles. The van der Waals surface area contributed by atoms with E-state index in [9.17, 15) is 13.6 Å². The molecular weight excluding hydrogens is 416 g/mol. The van der Waals surface area contributed by atoms with Crippen LogP contribution in [-0.2, 0) is 4.79 Å². The Bertz CT molecular complexity index is 811. The van der Waals surface area contributed by atoms with E-state index < -0.39 is 23.8 Å². The van der Waals surface area contributed by atoms with E-state index >= 15 is 0 Å². The largest absolute Gasteiger partial charge is 0.481 e. The van der Waals surface area contributed by atoms with E-state index in [4.69, 9.17) is 16.3 Å². The van der Waals surface area contributed by atoms with Gasteiger partial charge in [-0.05, 0) is 48.0 Å². The third kappa shape index (κ3) is 3.13.